The van der Waals surface area contributed by atoms with Crippen molar-refractivity contribution in [2.24, 2.45) is 5.84 Å². The maximum atomic E-state index is 11.8. The van der Waals surface area contributed by atoms with Gasteiger partial charge in [-0.1, -0.05) is 0 Å². The standard InChI is InChI=1S/C10H20N4O2/c1-8(2)12(3)9(15)7-13-5-4-6-14(11)10(13)16/h8H,4-7,11H2,1-3H3. The molecule has 6 heteroatoms. The van der Waals surface area contributed by atoms with Crippen molar-refractivity contribution < 1.29 is 9.59 Å². The summed E-state index contributed by atoms with van der Waals surface area (Å²) in [5.74, 6) is 5.44. The number of carbonyl (C=O) groups excluding carboxylic acids is 2. The first-order chi connectivity index (χ1) is 7.43. The number of hydrogen-bond acceptors (Lipinski definition) is 3. The van der Waals surface area contributed by atoms with Gasteiger partial charge < -0.3 is 9.80 Å². The number of nitrogens with zero attached hydrogens (tertiary/aromatic N) is 3. The van der Waals surface area contributed by atoms with Gasteiger partial charge in [0.15, 0.2) is 0 Å². The van der Waals surface area contributed by atoms with Gasteiger partial charge in [0.05, 0.1) is 0 Å². The highest BCUT2D eigenvalue weighted by Gasteiger charge is 2.26. The predicted molar refractivity (Wildman–Crippen MR) is 60.4 cm³/mol. The summed E-state index contributed by atoms with van der Waals surface area (Å²) in [7, 11) is 1.74. The largest absolute Gasteiger partial charge is 0.342 e. The van der Waals surface area contributed by atoms with E-state index in [1.54, 1.807) is 11.9 Å². The van der Waals surface area contributed by atoms with Crippen molar-refractivity contribution in [3.05, 3.63) is 0 Å². The lowest BCUT2D eigenvalue weighted by Gasteiger charge is -2.33. The van der Waals surface area contributed by atoms with Gasteiger partial charge in [-0.25, -0.2) is 10.6 Å². The predicted octanol–water partition coefficient (Wildman–Crippen LogP) is -0.145. The third-order valence-electron chi connectivity index (χ3n) is 2.84. The second kappa shape index (κ2) is 5.16. The molecule has 0 bridgehead atoms. The molecule has 16 heavy (non-hydrogen) atoms. The van der Waals surface area contributed by atoms with E-state index in [2.05, 4.69) is 0 Å². The van der Waals surface area contributed by atoms with Crippen molar-refractivity contribution in [2.75, 3.05) is 26.7 Å². The van der Waals surface area contributed by atoms with Gasteiger partial charge in [-0.2, -0.15) is 0 Å². The van der Waals surface area contributed by atoms with E-state index in [0.29, 0.717) is 13.1 Å². The quantitative estimate of drug-likeness (QED) is 0.539. The molecule has 0 atom stereocenters. The first-order valence-electron chi connectivity index (χ1n) is 5.50. The maximum Gasteiger partial charge on any atom is 0.334 e. The molecule has 0 spiro atoms. The number of amides is 3. The molecule has 2 N–H and O–H groups in total. The third kappa shape index (κ3) is 2.85. The van der Waals surface area contributed by atoms with Crippen LogP contribution in [0.3, 0.4) is 0 Å². The monoisotopic (exact) mass is 228 g/mol. The summed E-state index contributed by atoms with van der Waals surface area (Å²) in [6, 6.07) is -0.127. The van der Waals surface area contributed by atoms with Crippen molar-refractivity contribution in [1.82, 2.24) is 14.8 Å². The maximum absolute atomic E-state index is 11.8. The minimum absolute atomic E-state index is 0.0568. The van der Waals surface area contributed by atoms with Crippen molar-refractivity contribution in [1.29, 1.82) is 0 Å². The first-order valence-corrected chi connectivity index (χ1v) is 5.50. The summed E-state index contributed by atoms with van der Waals surface area (Å²) in [5, 5.41) is 1.16. The zero-order valence-corrected chi connectivity index (χ0v) is 10.1. The van der Waals surface area contributed by atoms with E-state index in [0.717, 1.165) is 11.4 Å². The van der Waals surface area contributed by atoms with Crippen LogP contribution in [0.25, 0.3) is 0 Å². The van der Waals surface area contributed by atoms with Gasteiger partial charge in [0, 0.05) is 26.2 Å². The average Bonchev–Trinajstić information content (AvgIpc) is 2.23. The van der Waals surface area contributed by atoms with Crippen LogP contribution in [0.2, 0.25) is 0 Å². The SMILES string of the molecule is CC(C)N(C)C(=O)CN1CCCN(N)C1=O. The molecule has 0 saturated carbocycles. The Balaban J connectivity index is 2.53. The highest BCUT2D eigenvalue weighted by Crippen LogP contribution is 2.06. The average molecular weight is 228 g/mol. The van der Waals surface area contributed by atoms with E-state index in [4.69, 9.17) is 5.84 Å². The van der Waals surface area contributed by atoms with Gasteiger partial charge in [0.25, 0.3) is 0 Å². The van der Waals surface area contributed by atoms with Crippen LogP contribution in [0, 0.1) is 0 Å². The number of rotatable bonds is 3. The van der Waals surface area contributed by atoms with Crippen LogP contribution in [-0.2, 0) is 4.79 Å². The second-order valence-electron chi connectivity index (χ2n) is 4.35. The fraction of sp³-hybridized carbons (Fsp3) is 0.800. The van der Waals surface area contributed by atoms with Gasteiger partial charge in [0.2, 0.25) is 5.91 Å². The molecule has 1 heterocycles. The minimum Gasteiger partial charge on any atom is -0.342 e. The van der Waals surface area contributed by atoms with Crippen LogP contribution in [0.4, 0.5) is 4.79 Å². The zero-order chi connectivity index (χ0) is 12.3. The van der Waals surface area contributed by atoms with Crippen LogP contribution in [0.1, 0.15) is 20.3 Å². The molecule has 0 aromatic carbocycles. The summed E-state index contributed by atoms with van der Waals surface area (Å²) in [6.45, 7) is 5.14. The lowest BCUT2D eigenvalue weighted by molar-refractivity contribution is -0.132. The van der Waals surface area contributed by atoms with E-state index in [-0.39, 0.29) is 24.5 Å². The van der Waals surface area contributed by atoms with Crippen molar-refractivity contribution >= 4 is 11.9 Å². The van der Waals surface area contributed by atoms with Crippen molar-refractivity contribution in [3.63, 3.8) is 0 Å². The van der Waals surface area contributed by atoms with E-state index in [9.17, 15) is 9.59 Å². The smallest absolute Gasteiger partial charge is 0.334 e. The Kier molecular flexibility index (Phi) is 4.12. The summed E-state index contributed by atoms with van der Waals surface area (Å²) in [5.41, 5.74) is 0. The molecule has 1 saturated heterocycles. The molecule has 6 nitrogen and oxygen atoms in total. The zero-order valence-electron chi connectivity index (χ0n) is 10.1. The summed E-state index contributed by atoms with van der Waals surface area (Å²) in [4.78, 5) is 26.5. The molecule has 0 radical (unpaired) electrons. The van der Waals surface area contributed by atoms with Gasteiger partial charge in [0.1, 0.15) is 6.54 Å². The molecule has 1 aliphatic heterocycles. The molecule has 92 valence electrons. The van der Waals surface area contributed by atoms with E-state index in [1.807, 2.05) is 13.8 Å². The van der Waals surface area contributed by atoms with E-state index < -0.39 is 0 Å². The van der Waals surface area contributed by atoms with Crippen LogP contribution in [-0.4, -0.2) is 59.5 Å². The second-order valence-corrected chi connectivity index (χ2v) is 4.35. The van der Waals surface area contributed by atoms with Gasteiger partial charge in [-0.3, -0.25) is 9.80 Å². The molecule has 3 amide bonds. The number of hydrazine groups is 1. The molecular weight excluding hydrogens is 208 g/mol. The third-order valence-corrected chi connectivity index (χ3v) is 2.84. The molecule has 0 unspecified atom stereocenters. The topological polar surface area (TPSA) is 69.9 Å². The molecule has 0 aromatic rings. The normalized spacial score (nSPS) is 16.9. The number of nitrogens with two attached hydrogens (primary N) is 1. The lowest BCUT2D eigenvalue weighted by Crippen LogP contribution is -2.55. The fourth-order valence-corrected chi connectivity index (χ4v) is 1.51. The van der Waals surface area contributed by atoms with E-state index in [1.165, 1.54) is 4.90 Å². The number of hydrogen-bond donors (Lipinski definition) is 1. The molecule has 1 fully saturated rings. The lowest BCUT2D eigenvalue weighted by atomic mass is 10.3. The van der Waals surface area contributed by atoms with Crippen LogP contribution in [0.15, 0.2) is 0 Å². The number of urea groups is 1. The Labute approximate surface area is 95.9 Å². The highest BCUT2D eigenvalue weighted by atomic mass is 16.2. The van der Waals surface area contributed by atoms with Gasteiger partial charge in [-0.05, 0) is 20.3 Å². The molecular formula is C10H20N4O2. The van der Waals surface area contributed by atoms with Crippen molar-refractivity contribution in [2.45, 2.75) is 26.3 Å². The Morgan fingerprint density at radius 2 is 2.12 bits per heavy atom. The molecule has 1 aliphatic rings. The van der Waals surface area contributed by atoms with Gasteiger partial charge >= 0.3 is 6.03 Å². The number of likely N-dealkylation sites (N-methyl/N-ethyl adjacent to an activating group) is 1. The van der Waals surface area contributed by atoms with E-state index >= 15 is 0 Å². The van der Waals surface area contributed by atoms with Crippen LogP contribution in [0.5, 0.6) is 0 Å². The highest BCUT2D eigenvalue weighted by molar-refractivity contribution is 5.84. The fourth-order valence-electron chi connectivity index (χ4n) is 1.51. The Hall–Kier alpha value is -1.30. The Bertz CT molecular complexity index is 280. The molecule has 0 aliphatic carbocycles. The Morgan fingerprint density at radius 3 is 2.69 bits per heavy atom. The minimum atomic E-state index is -0.267. The molecule has 1 rings (SSSR count). The number of carbonyl (C=O) groups is 2. The van der Waals surface area contributed by atoms with Crippen molar-refractivity contribution in [3.8, 4) is 0 Å². The molecule has 0 aromatic heterocycles. The first kappa shape index (κ1) is 12.8. The summed E-state index contributed by atoms with van der Waals surface area (Å²) >= 11 is 0. The summed E-state index contributed by atoms with van der Waals surface area (Å²) in [6.07, 6.45) is 0.806. The van der Waals surface area contributed by atoms with Crippen LogP contribution >= 0.6 is 0 Å². The van der Waals surface area contributed by atoms with Gasteiger partial charge in [-0.15, -0.1) is 0 Å². The van der Waals surface area contributed by atoms with Crippen LogP contribution < -0.4 is 5.84 Å². The summed E-state index contributed by atoms with van der Waals surface area (Å²) < 4.78 is 0. The Morgan fingerprint density at radius 1 is 1.50 bits per heavy atom.